The Morgan fingerprint density at radius 3 is 2.86 bits per heavy atom. The summed E-state index contributed by atoms with van der Waals surface area (Å²) in [5.41, 5.74) is 6.28. The molecule has 0 aromatic carbocycles. The van der Waals surface area contributed by atoms with Gasteiger partial charge in [-0.3, -0.25) is 9.59 Å². The zero-order chi connectivity index (χ0) is 15.4. The maximum Gasteiger partial charge on any atom is 0.267 e. The van der Waals surface area contributed by atoms with Crippen LogP contribution in [0.25, 0.3) is 0 Å². The summed E-state index contributed by atoms with van der Waals surface area (Å²) in [6.45, 7) is 5.45. The van der Waals surface area contributed by atoms with Gasteiger partial charge in [0, 0.05) is 24.7 Å². The molecule has 1 aliphatic heterocycles. The third-order valence-corrected chi connectivity index (χ3v) is 3.80. The van der Waals surface area contributed by atoms with Gasteiger partial charge in [0.2, 0.25) is 5.91 Å². The van der Waals surface area contributed by atoms with Gasteiger partial charge in [-0.25, -0.2) is 9.97 Å². The molecule has 2 N–H and O–H groups in total. The zero-order valence-electron chi connectivity index (χ0n) is 12.6. The Balaban J connectivity index is 2.01. The maximum absolute atomic E-state index is 12.1. The number of carbonyl (C=O) groups excluding carboxylic acids is 2. The predicted molar refractivity (Wildman–Crippen MR) is 78.4 cm³/mol. The highest BCUT2D eigenvalue weighted by molar-refractivity contribution is 5.90. The smallest absolute Gasteiger partial charge is 0.267 e. The fourth-order valence-corrected chi connectivity index (χ4v) is 2.74. The van der Waals surface area contributed by atoms with Crippen molar-refractivity contribution in [3.8, 4) is 0 Å². The number of nitrogens with two attached hydrogens (primary N) is 1. The lowest BCUT2D eigenvalue weighted by Crippen LogP contribution is -2.42. The molecule has 1 atom stereocenters. The van der Waals surface area contributed by atoms with Crippen molar-refractivity contribution in [2.45, 2.75) is 33.1 Å². The van der Waals surface area contributed by atoms with Crippen molar-refractivity contribution in [3.63, 3.8) is 0 Å². The first-order chi connectivity index (χ1) is 9.97. The van der Waals surface area contributed by atoms with Crippen LogP contribution in [-0.2, 0) is 11.2 Å². The summed E-state index contributed by atoms with van der Waals surface area (Å²) in [7, 11) is 0. The molecule has 2 rings (SSSR count). The van der Waals surface area contributed by atoms with Crippen LogP contribution in [0.4, 0.5) is 0 Å². The Hall–Kier alpha value is -1.98. The predicted octanol–water partition coefficient (Wildman–Crippen LogP) is 1.01. The second-order valence-electron chi connectivity index (χ2n) is 5.91. The highest BCUT2D eigenvalue weighted by Gasteiger charge is 2.25. The van der Waals surface area contributed by atoms with Gasteiger partial charge >= 0.3 is 0 Å². The van der Waals surface area contributed by atoms with Crippen LogP contribution in [-0.4, -0.2) is 39.8 Å². The normalized spacial score (nSPS) is 18.8. The second-order valence-corrected chi connectivity index (χ2v) is 5.91. The molecule has 0 bridgehead atoms. The third-order valence-electron chi connectivity index (χ3n) is 3.80. The molecule has 0 unspecified atom stereocenters. The summed E-state index contributed by atoms with van der Waals surface area (Å²) in [6.07, 6.45) is 4.19. The third kappa shape index (κ3) is 4.00. The SMILES string of the molecule is CC(C)C(=O)N1CCC[C@H](Cc2cc(C(N)=O)ncn2)C1. The van der Waals surface area contributed by atoms with E-state index in [1.54, 1.807) is 6.07 Å². The molecule has 1 saturated heterocycles. The Kier molecular flexibility index (Phi) is 4.88. The molecule has 6 heteroatoms. The van der Waals surface area contributed by atoms with E-state index >= 15 is 0 Å². The standard InChI is InChI=1S/C15H22N4O2/c1-10(2)15(21)19-5-3-4-11(8-19)6-12-7-13(14(16)20)18-9-17-12/h7,9-11H,3-6,8H2,1-2H3,(H2,16,20)/t11-/m1/s1. The van der Waals surface area contributed by atoms with Crippen LogP contribution < -0.4 is 5.73 Å². The van der Waals surface area contributed by atoms with Crippen molar-refractivity contribution in [3.05, 3.63) is 23.8 Å². The largest absolute Gasteiger partial charge is 0.364 e. The number of hydrogen-bond donors (Lipinski definition) is 1. The van der Waals surface area contributed by atoms with Crippen molar-refractivity contribution in [2.75, 3.05) is 13.1 Å². The van der Waals surface area contributed by atoms with Crippen LogP contribution in [0, 0.1) is 11.8 Å². The summed E-state index contributed by atoms with van der Waals surface area (Å²) in [4.78, 5) is 33.2. The minimum atomic E-state index is -0.543. The minimum absolute atomic E-state index is 0.0317. The first-order valence-corrected chi connectivity index (χ1v) is 7.37. The molecule has 1 aromatic heterocycles. The number of rotatable bonds is 4. The summed E-state index contributed by atoms with van der Waals surface area (Å²) >= 11 is 0. The van der Waals surface area contributed by atoms with Crippen LogP contribution in [0.2, 0.25) is 0 Å². The number of piperidine rings is 1. The summed E-state index contributed by atoms with van der Waals surface area (Å²) in [5, 5.41) is 0. The molecule has 1 aliphatic rings. The van der Waals surface area contributed by atoms with Gasteiger partial charge < -0.3 is 10.6 Å². The van der Waals surface area contributed by atoms with E-state index in [2.05, 4.69) is 9.97 Å². The lowest BCUT2D eigenvalue weighted by atomic mass is 9.92. The Labute approximate surface area is 124 Å². The van der Waals surface area contributed by atoms with Crippen LogP contribution in [0.5, 0.6) is 0 Å². The van der Waals surface area contributed by atoms with Crippen molar-refractivity contribution in [1.29, 1.82) is 0 Å². The summed E-state index contributed by atoms with van der Waals surface area (Å²) in [6, 6.07) is 1.64. The van der Waals surface area contributed by atoms with Gasteiger partial charge in [0.05, 0.1) is 0 Å². The maximum atomic E-state index is 12.1. The van der Waals surface area contributed by atoms with E-state index in [4.69, 9.17) is 5.73 Å². The molecular formula is C15H22N4O2. The van der Waals surface area contributed by atoms with Gasteiger partial charge in [-0.2, -0.15) is 0 Å². The zero-order valence-corrected chi connectivity index (χ0v) is 12.6. The number of likely N-dealkylation sites (tertiary alicyclic amines) is 1. The number of primary amides is 1. The molecule has 21 heavy (non-hydrogen) atoms. The lowest BCUT2D eigenvalue weighted by molar-refractivity contribution is -0.136. The first kappa shape index (κ1) is 15.4. The first-order valence-electron chi connectivity index (χ1n) is 7.37. The minimum Gasteiger partial charge on any atom is -0.364 e. The highest BCUT2D eigenvalue weighted by Crippen LogP contribution is 2.21. The molecule has 0 spiro atoms. The summed E-state index contributed by atoms with van der Waals surface area (Å²) in [5.74, 6) is 0.0699. The Morgan fingerprint density at radius 2 is 2.19 bits per heavy atom. The number of nitrogens with zero attached hydrogens (tertiary/aromatic N) is 3. The van der Waals surface area contributed by atoms with E-state index in [1.165, 1.54) is 6.33 Å². The number of amides is 2. The van der Waals surface area contributed by atoms with Gasteiger partial charge in [-0.15, -0.1) is 0 Å². The van der Waals surface area contributed by atoms with E-state index in [9.17, 15) is 9.59 Å². The molecule has 114 valence electrons. The molecule has 0 saturated carbocycles. The molecule has 0 radical (unpaired) electrons. The molecule has 2 amide bonds. The Morgan fingerprint density at radius 1 is 1.43 bits per heavy atom. The Bertz CT molecular complexity index is 530. The van der Waals surface area contributed by atoms with Crippen molar-refractivity contribution >= 4 is 11.8 Å². The van der Waals surface area contributed by atoms with E-state index in [0.717, 1.165) is 38.0 Å². The van der Waals surface area contributed by atoms with Gasteiger partial charge in [0.15, 0.2) is 0 Å². The topological polar surface area (TPSA) is 89.2 Å². The van der Waals surface area contributed by atoms with Gasteiger partial charge in [-0.1, -0.05) is 13.8 Å². The molecule has 1 aromatic rings. The number of hydrogen-bond acceptors (Lipinski definition) is 4. The van der Waals surface area contributed by atoms with Crippen molar-refractivity contribution in [2.24, 2.45) is 17.6 Å². The van der Waals surface area contributed by atoms with E-state index in [0.29, 0.717) is 5.92 Å². The monoisotopic (exact) mass is 290 g/mol. The van der Waals surface area contributed by atoms with Gasteiger partial charge in [-0.05, 0) is 31.2 Å². The molecular weight excluding hydrogens is 268 g/mol. The van der Waals surface area contributed by atoms with Gasteiger partial charge in [0.1, 0.15) is 12.0 Å². The van der Waals surface area contributed by atoms with Crippen molar-refractivity contribution < 1.29 is 9.59 Å². The average molecular weight is 290 g/mol. The highest BCUT2D eigenvalue weighted by atomic mass is 16.2. The van der Waals surface area contributed by atoms with Crippen LogP contribution in [0.3, 0.4) is 0 Å². The van der Waals surface area contributed by atoms with Crippen LogP contribution in [0.1, 0.15) is 42.9 Å². The molecule has 6 nitrogen and oxygen atoms in total. The quantitative estimate of drug-likeness (QED) is 0.896. The second kappa shape index (κ2) is 6.65. The fraction of sp³-hybridized carbons (Fsp3) is 0.600. The molecule has 1 fully saturated rings. The number of carbonyl (C=O) groups is 2. The molecule has 0 aliphatic carbocycles. The van der Waals surface area contributed by atoms with Crippen LogP contribution >= 0.6 is 0 Å². The number of aromatic nitrogens is 2. The summed E-state index contributed by atoms with van der Waals surface area (Å²) < 4.78 is 0. The van der Waals surface area contributed by atoms with Crippen molar-refractivity contribution in [1.82, 2.24) is 14.9 Å². The van der Waals surface area contributed by atoms with E-state index in [-0.39, 0.29) is 17.5 Å². The molecule has 2 heterocycles. The van der Waals surface area contributed by atoms with E-state index in [1.807, 2.05) is 18.7 Å². The van der Waals surface area contributed by atoms with E-state index < -0.39 is 5.91 Å². The average Bonchev–Trinajstić information content (AvgIpc) is 2.47. The lowest BCUT2D eigenvalue weighted by Gasteiger charge is -2.33. The fourth-order valence-electron chi connectivity index (χ4n) is 2.74. The van der Waals surface area contributed by atoms with Crippen LogP contribution in [0.15, 0.2) is 12.4 Å². The van der Waals surface area contributed by atoms with Gasteiger partial charge in [0.25, 0.3) is 5.91 Å².